The molecule has 2 rings (SSSR count). The lowest BCUT2D eigenvalue weighted by Gasteiger charge is -2.04. The molecule has 4 nitrogen and oxygen atoms in total. The van der Waals surface area contributed by atoms with Gasteiger partial charge < -0.3 is 5.11 Å². The van der Waals surface area contributed by atoms with Crippen molar-refractivity contribution in [2.45, 2.75) is 11.8 Å². The molecule has 0 aromatic heterocycles. The molecule has 0 aliphatic carbocycles. The van der Waals surface area contributed by atoms with Gasteiger partial charge in [-0.15, -0.1) is 0 Å². The second-order valence-electron chi connectivity index (χ2n) is 4.53. The zero-order valence-corrected chi connectivity index (χ0v) is 12.1. The standard InChI is InChI=1S/C16H13NO3S/c1-12-5-7-15(8-6-12)21(19,20)16(11-17)10-13-3-2-4-14(18)9-13/h2-10,18H,1H3. The summed E-state index contributed by atoms with van der Waals surface area (Å²) in [6.07, 6.45) is 1.24. The number of allylic oxidation sites excluding steroid dienone is 1. The van der Waals surface area contributed by atoms with Gasteiger partial charge in [-0.2, -0.15) is 5.26 Å². The number of aromatic hydroxyl groups is 1. The summed E-state index contributed by atoms with van der Waals surface area (Å²) in [4.78, 5) is -0.294. The summed E-state index contributed by atoms with van der Waals surface area (Å²) in [5, 5.41) is 18.5. The number of benzene rings is 2. The van der Waals surface area contributed by atoms with Crippen LogP contribution in [0.5, 0.6) is 5.75 Å². The monoisotopic (exact) mass is 299 g/mol. The van der Waals surface area contributed by atoms with Crippen molar-refractivity contribution < 1.29 is 13.5 Å². The van der Waals surface area contributed by atoms with Gasteiger partial charge in [-0.3, -0.25) is 0 Å². The van der Waals surface area contributed by atoms with E-state index in [1.807, 2.05) is 6.92 Å². The Hall–Kier alpha value is -2.58. The number of nitriles is 1. The van der Waals surface area contributed by atoms with Crippen LogP contribution < -0.4 is 0 Å². The molecule has 21 heavy (non-hydrogen) atoms. The van der Waals surface area contributed by atoms with E-state index in [1.165, 1.54) is 30.3 Å². The van der Waals surface area contributed by atoms with Gasteiger partial charge in [0.15, 0.2) is 0 Å². The first-order chi connectivity index (χ1) is 9.93. The van der Waals surface area contributed by atoms with E-state index >= 15 is 0 Å². The van der Waals surface area contributed by atoms with Crippen molar-refractivity contribution in [2.24, 2.45) is 0 Å². The summed E-state index contributed by atoms with van der Waals surface area (Å²) in [5.74, 6) is 0.00812. The Labute approximate surface area is 123 Å². The Morgan fingerprint density at radius 2 is 1.86 bits per heavy atom. The molecule has 106 valence electrons. The van der Waals surface area contributed by atoms with Crippen LogP contribution in [0.3, 0.4) is 0 Å². The first kappa shape index (κ1) is 14.8. The van der Waals surface area contributed by atoms with Crippen molar-refractivity contribution in [1.29, 1.82) is 5.26 Å². The fraction of sp³-hybridized carbons (Fsp3) is 0.0625. The van der Waals surface area contributed by atoms with E-state index in [2.05, 4.69) is 0 Å². The first-order valence-corrected chi connectivity index (χ1v) is 7.64. The zero-order valence-electron chi connectivity index (χ0n) is 11.3. The summed E-state index contributed by atoms with van der Waals surface area (Å²) in [5.41, 5.74) is 1.38. The molecule has 0 atom stereocenters. The molecule has 0 saturated carbocycles. The van der Waals surface area contributed by atoms with Gasteiger partial charge in [0.1, 0.15) is 16.7 Å². The number of nitrogens with zero attached hydrogens (tertiary/aromatic N) is 1. The van der Waals surface area contributed by atoms with Gasteiger partial charge in [0.05, 0.1) is 4.90 Å². The Kier molecular flexibility index (Phi) is 4.10. The predicted octanol–water partition coefficient (Wildman–Crippen LogP) is 3.04. The van der Waals surface area contributed by atoms with Gasteiger partial charge in [0, 0.05) is 0 Å². The van der Waals surface area contributed by atoms with E-state index in [4.69, 9.17) is 5.26 Å². The van der Waals surface area contributed by atoms with E-state index in [1.54, 1.807) is 30.3 Å². The summed E-state index contributed by atoms with van der Waals surface area (Å²) in [7, 11) is -3.86. The number of hydrogen-bond acceptors (Lipinski definition) is 4. The summed E-state index contributed by atoms with van der Waals surface area (Å²) < 4.78 is 24.8. The average Bonchev–Trinajstić information content (AvgIpc) is 2.45. The maximum Gasteiger partial charge on any atom is 0.216 e. The van der Waals surface area contributed by atoms with Crippen LogP contribution in [0.4, 0.5) is 0 Å². The molecular weight excluding hydrogens is 286 g/mol. The Bertz CT molecular complexity index is 829. The summed E-state index contributed by atoms with van der Waals surface area (Å²) in [6.45, 7) is 1.85. The van der Waals surface area contributed by atoms with E-state index in [9.17, 15) is 13.5 Å². The third-order valence-electron chi connectivity index (χ3n) is 2.90. The van der Waals surface area contributed by atoms with Gasteiger partial charge >= 0.3 is 0 Å². The van der Waals surface area contributed by atoms with Crippen LogP contribution >= 0.6 is 0 Å². The van der Waals surface area contributed by atoms with Crippen LogP contribution in [0.1, 0.15) is 11.1 Å². The first-order valence-electron chi connectivity index (χ1n) is 6.16. The van der Waals surface area contributed by atoms with E-state index in [0.29, 0.717) is 5.56 Å². The van der Waals surface area contributed by atoms with E-state index in [0.717, 1.165) is 5.56 Å². The van der Waals surface area contributed by atoms with Crippen molar-refractivity contribution in [3.63, 3.8) is 0 Å². The van der Waals surface area contributed by atoms with Gasteiger partial charge in [-0.25, -0.2) is 8.42 Å². The van der Waals surface area contributed by atoms with Crippen molar-refractivity contribution in [2.75, 3.05) is 0 Å². The molecule has 2 aromatic carbocycles. The van der Waals surface area contributed by atoms with Crippen LogP contribution in [0.25, 0.3) is 6.08 Å². The molecule has 0 saturated heterocycles. The molecule has 0 heterocycles. The van der Waals surface area contributed by atoms with Gasteiger partial charge in [0.2, 0.25) is 9.84 Å². The normalized spacial score (nSPS) is 11.9. The third-order valence-corrected chi connectivity index (χ3v) is 4.58. The zero-order chi connectivity index (χ0) is 15.5. The van der Waals surface area contributed by atoms with Crippen molar-refractivity contribution in [3.8, 4) is 11.8 Å². The fourth-order valence-electron chi connectivity index (χ4n) is 1.78. The smallest absolute Gasteiger partial charge is 0.216 e. The second kappa shape index (κ2) is 5.81. The molecule has 1 N–H and O–H groups in total. The predicted molar refractivity (Wildman–Crippen MR) is 80.1 cm³/mol. The van der Waals surface area contributed by atoms with Crippen LogP contribution in [0.2, 0.25) is 0 Å². The molecule has 0 aliphatic rings. The minimum Gasteiger partial charge on any atom is -0.508 e. The quantitative estimate of drug-likeness (QED) is 0.884. The SMILES string of the molecule is Cc1ccc(S(=O)(=O)C(C#N)=Cc2cccc(O)c2)cc1. The van der Waals surface area contributed by atoms with Crippen molar-refractivity contribution >= 4 is 15.9 Å². The van der Waals surface area contributed by atoms with Crippen molar-refractivity contribution in [3.05, 3.63) is 64.6 Å². The topological polar surface area (TPSA) is 78.2 Å². The second-order valence-corrected chi connectivity index (χ2v) is 6.45. The lowest BCUT2D eigenvalue weighted by Crippen LogP contribution is -2.03. The summed E-state index contributed by atoms with van der Waals surface area (Å²) in [6, 6.07) is 14.1. The maximum atomic E-state index is 12.4. The molecular formula is C16H13NO3S. The number of sulfone groups is 1. The molecule has 0 aliphatic heterocycles. The van der Waals surface area contributed by atoms with Crippen molar-refractivity contribution in [1.82, 2.24) is 0 Å². The third kappa shape index (κ3) is 3.30. The van der Waals surface area contributed by atoms with E-state index < -0.39 is 9.84 Å². The van der Waals surface area contributed by atoms with E-state index in [-0.39, 0.29) is 15.6 Å². The molecule has 0 bridgehead atoms. The lowest BCUT2D eigenvalue weighted by molar-refractivity contribution is 0.475. The molecule has 0 radical (unpaired) electrons. The highest BCUT2D eigenvalue weighted by Crippen LogP contribution is 2.22. The van der Waals surface area contributed by atoms with Crippen LogP contribution in [-0.4, -0.2) is 13.5 Å². The molecule has 0 amide bonds. The number of phenols is 1. The highest BCUT2D eigenvalue weighted by atomic mass is 32.2. The minimum atomic E-state index is -3.86. The molecule has 0 spiro atoms. The lowest BCUT2D eigenvalue weighted by atomic mass is 10.2. The van der Waals surface area contributed by atoms with Crippen LogP contribution in [0.15, 0.2) is 58.3 Å². The number of aryl methyl sites for hydroxylation is 1. The molecule has 2 aromatic rings. The fourth-order valence-corrected chi connectivity index (χ4v) is 2.94. The summed E-state index contributed by atoms with van der Waals surface area (Å²) >= 11 is 0. The van der Waals surface area contributed by atoms with Gasteiger partial charge in [-0.1, -0.05) is 29.8 Å². The number of phenolic OH excluding ortho intramolecular Hbond substituents is 1. The van der Waals surface area contributed by atoms with Gasteiger partial charge in [-0.05, 0) is 42.8 Å². The highest BCUT2D eigenvalue weighted by molar-refractivity contribution is 7.95. The maximum absolute atomic E-state index is 12.4. The molecule has 0 fully saturated rings. The largest absolute Gasteiger partial charge is 0.508 e. The Balaban J connectivity index is 2.50. The van der Waals surface area contributed by atoms with Gasteiger partial charge in [0.25, 0.3) is 0 Å². The number of rotatable bonds is 3. The van der Waals surface area contributed by atoms with Crippen LogP contribution in [0, 0.1) is 18.3 Å². The van der Waals surface area contributed by atoms with Crippen LogP contribution in [-0.2, 0) is 9.84 Å². The average molecular weight is 299 g/mol. The number of hydrogen-bond donors (Lipinski definition) is 1. The molecule has 5 heteroatoms. The highest BCUT2D eigenvalue weighted by Gasteiger charge is 2.20. The Morgan fingerprint density at radius 3 is 2.43 bits per heavy atom. The minimum absolute atomic E-state index is 0.00812. The Morgan fingerprint density at radius 1 is 1.19 bits per heavy atom. The molecule has 0 unspecified atom stereocenters.